The van der Waals surface area contributed by atoms with Gasteiger partial charge in [-0.2, -0.15) is 0 Å². The summed E-state index contributed by atoms with van der Waals surface area (Å²) in [6.07, 6.45) is 2.88. The van der Waals surface area contributed by atoms with Crippen LogP contribution < -0.4 is 0 Å². The van der Waals surface area contributed by atoms with Crippen LogP contribution in [0.4, 0.5) is 0 Å². The van der Waals surface area contributed by atoms with Gasteiger partial charge in [0.15, 0.2) is 11.3 Å². The van der Waals surface area contributed by atoms with E-state index in [9.17, 15) is 9.59 Å². The highest BCUT2D eigenvalue weighted by molar-refractivity contribution is 5.96. The van der Waals surface area contributed by atoms with E-state index >= 15 is 0 Å². The number of aromatic carboxylic acids is 1. The Labute approximate surface area is 96.5 Å². The molecule has 0 aromatic carbocycles. The Kier molecular flexibility index (Phi) is 2.78. The molecule has 2 rings (SSSR count). The molecule has 0 aliphatic carbocycles. The first kappa shape index (κ1) is 11.1. The lowest BCUT2D eigenvalue weighted by atomic mass is 10.3. The van der Waals surface area contributed by atoms with Gasteiger partial charge in [0.1, 0.15) is 5.56 Å². The zero-order valence-corrected chi connectivity index (χ0v) is 9.08. The topological polar surface area (TPSA) is 80.9 Å². The third kappa shape index (κ3) is 1.84. The molecule has 2 aromatic heterocycles. The maximum absolute atomic E-state index is 11.6. The molecular weight excluding hydrogens is 224 g/mol. The molecule has 2 heterocycles. The number of imidazole rings is 1. The molecule has 17 heavy (non-hydrogen) atoms. The fourth-order valence-electron chi connectivity index (χ4n) is 1.53. The number of esters is 1. The van der Waals surface area contributed by atoms with Gasteiger partial charge in [-0.15, -0.1) is 0 Å². The monoisotopic (exact) mass is 234 g/mol. The summed E-state index contributed by atoms with van der Waals surface area (Å²) in [4.78, 5) is 26.4. The molecule has 0 bridgehead atoms. The van der Waals surface area contributed by atoms with Crippen molar-refractivity contribution in [2.24, 2.45) is 0 Å². The molecule has 0 aliphatic heterocycles. The summed E-state index contributed by atoms with van der Waals surface area (Å²) in [5.41, 5.74) is 0.482. The van der Waals surface area contributed by atoms with Gasteiger partial charge >= 0.3 is 11.9 Å². The average molecular weight is 234 g/mol. The number of carboxylic acids is 1. The molecule has 0 saturated carbocycles. The fraction of sp³-hybridized carbons (Fsp3) is 0.182. The normalized spacial score (nSPS) is 10.4. The largest absolute Gasteiger partial charge is 0.478 e. The third-order valence-corrected chi connectivity index (χ3v) is 2.25. The zero-order chi connectivity index (χ0) is 12.4. The molecule has 6 nitrogen and oxygen atoms in total. The van der Waals surface area contributed by atoms with Gasteiger partial charge < -0.3 is 9.84 Å². The van der Waals surface area contributed by atoms with Crippen molar-refractivity contribution in [2.75, 3.05) is 6.61 Å². The highest BCUT2D eigenvalue weighted by atomic mass is 16.5. The number of aromatic nitrogens is 2. The van der Waals surface area contributed by atoms with Crippen LogP contribution in [0.3, 0.4) is 0 Å². The first-order chi connectivity index (χ1) is 8.15. The highest BCUT2D eigenvalue weighted by Crippen LogP contribution is 2.13. The molecule has 1 N–H and O–H groups in total. The number of ether oxygens (including phenoxy) is 1. The first-order valence-corrected chi connectivity index (χ1v) is 5.01. The SMILES string of the molecule is CCOC(=O)c1cnc2c(C(=O)O)cccn12. The number of carboxylic acid groups (broad SMARTS) is 1. The lowest BCUT2D eigenvalue weighted by Gasteiger charge is -2.02. The van der Waals surface area contributed by atoms with Gasteiger partial charge in [-0.05, 0) is 19.1 Å². The number of carbonyl (C=O) groups excluding carboxylic acids is 1. The Hall–Kier alpha value is -2.37. The van der Waals surface area contributed by atoms with Crippen molar-refractivity contribution in [2.45, 2.75) is 6.92 Å². The van der Waals surface area contributed by atoms with Crippen LogP contribution in [0.15, 0.2) is 24.5 Å². The minimum Gasteiger partial charge on any atom is -0.478 e. The quantitative estimate of drug-likeness (QED) is 0.807. The van der Waals surface area contributed by atoms with Crippen LogP contribution in [0.25, 0.3) is 5.65 Å². The second-order valence-electron chi connectivity index (χ2n) is 3.28. The summed E-state index contributed by atoms with van der Waals surface area (Å²) in [6, 6.07) is 2.97. The summed E-state index contributed by atoms with van der Waals surface area (Å²) >= 11 is 0. The van der Waals surface area contributed by atoms with Gasteiger partial charge in [0, 0.05) is 6.20 Å². The molecule has 6 heteroatoms. The van der Waals surface area contributed by atoms with Crippen molar-refractivity contribution in [3.8, 4) is 0 Å². The zero-order valence-electron chi connectivity index (χ0n) is 9.08. The van der Waals surface area contributed by atoms with E-state index in [-0.39, 0.29) is 23.5 Å². The molecule has 88 valence electrons. The molecule has 0 fully saturated rings. The van der Waals surface area contributed by atoms with Gasteiger partial charge in [-0.1, -0.05) is 0 Å². The van der Waals surface area contributed by atoms with Gasteiger partial charge in [-0.25, -0.2) is 14.6 Å². The van der Waals surface area contributed by atoms with Gasteiger partial charge in [0.2, 0.25) is 0 Å². The minimum absolute atomic E-state index is 0.0445. The smallest absolute Gasteiger partial charge is 0.356 e. The van der Waals surface area contributed by atoms with Crippen molar-refractivity contribution < 1.29 is 19.4 Å². The van der Waals surface area contributed by atoms with E-state index in [2.05, 4.69) is 4.98 Å². The molecule has 2 aromatic rings. The molecule has 0 atom stereocenters. The van der Waals surface area contributed by atoms with Crippen LogP contribution in [0.1, 0.15) is 27.8 Å². The Morgan fingerprint density at radius 3 is 2.94 bits per heavy atom. The van der Waals surface area contributed by atoms with Gasteiger partial charge in [-0.3, -0.25) is 4.40 Å². The van der Waals surface area contributed by atoms with Crippen LogP contribution in [-0.4, -0.2) is 33.0 Å². The number of fused-ring (bicyclic) bond motifs is 1. The second kappa shape index (κ2) is 4.25. The van der Waals surface area contributed by atoms with Gasteiger partial charge in [0.05, 0.1) is 12.8 Å². The molecule has 0 unspecified atom stereocenters. The molecule has 0 amide bonds. The Balaban J connectivity index is 2.58. The lowest BCUT2D eigenvalue weighted by molar-refractivity contribution is 0.0517. The maximum Gasteiger partial charge on any atom is 0.356 e. The van der Waals surface area contributed by atoms with Crippen molar-refractivity contribution in [1.82, 2.24) is 9.38 Å². The summed E-state index contributed by atoms with van der Waals surface area (Å²) < 4.78 is 6.25. The summed E-state index contributed by atoms with van der Waals surface area (Å²) in [5.74, 6) is -1.61. The number of nitrogens with zero attached hydrogens (tertiary/aromatic N) is 2. The predicted molar refractivity (Wildman–Crippen MR) is 58.1 cm³/mol. The van der Waals surface area contributed by atoms with Crippen molar-refractivity contribution in [1.29, 1.82) is 0 Å². The number of hydrogen-bond donors (Lipinski definition) is 1. The van der Waals surface area contributed by atoms with Crippen LogP contribution in [0, 0.1) is 0 Å². The van der Waals surface area contributed by atoms with E-state index in [1.807, 2.05) is 0 Å². The lowest BCUT2D eigenvalue weighted by Crippen LogP contribution is -2.08. The van der Waals surface area contributed by atoms with Crippen LogP contribution in [-0.2, 0) is 4.74 Å². The van der Waals surface area contributed by atoms with Crippen molar-refractivity contribution >= 4 is 17.6 Å². The first-order valence-electron chi connectivity index (χ1n) is 5.01. The summed E-state index contributed by atoms with van der Waals surface area (Å²) in [7, 11) is 0. The second-order valence-corrected chi connectivity index (χ2v) is 3.28. The number of carbonyl (C=O) groups is 2. The van der Waals surface area contributed by atoms with Gasteiger partial charge in [0.25, 0.3) is 0 Å². The number of rotatable bonds is 3. The van der Waals surface area contributed by atoms with Crippen molar-refractivity contribution in [3.63, 3.8) is 0 Å². The van der Waals surface area contributed by atoms with Crippen LogP contribution in [0.2, 0.25) is 0 Å². The average Bonchev–Trinajstić information content (AvgIpc) is 2.72. The van der Waals surface area contributed by atoms with E-state index in [4.69, 9.17) is 9.84 Å². The number of pyridine rings is 1. The minimum atomic E-state index is -1.09. The predicted octanol–water partition coefficient (Wildman–Crippen LogP) is 1.21. The van der Waals surface area contributed by atoms with E-state index in [0.29, 0.717) is 0 Å². The van der Waals surface area contributed by atoms with E-state index in [0.717, 1.165) is 0 Å². The molecule has 0 aliphatic rings. The molecular formula is C11H10N2O4. The van der Waals surface area contributed by atoms with Crippen molar-refractivity contribution in [3.05, 3.63) is 35.8 Å². The summed E-state index contributed by atoms with van der Waals surface area (Å²) in [5, 5.41) is 8.96. The fourth-order valence-corrected chi connectivity index (χ4v) is 1.53. The Bertz CT molecular complexity index is 588. The standard InChI is InChI=1S/C11H10N2O4/c1-2-17-11(16)8-6-12-9-7(10(14)15)4-3-5-13(8)9/h3-6H,2H2,1H3,(H,14,15). The summed E-state index contributed by atoms with van der Waals surface area (Å²) in [6.45, 7) is 1.95. The van der Waals surface area contributed by atoms with Crippen LogP contribution >= 0.6 is 0 Å². The van der Waals surface area contributed by atoms with E-state index in [1.165, 1.54) is 16.7 Å². The molecule has 0 saturated heterocycles. The van der Waals surface area contributed by atoms with E-state index < -0.39 is 11.9 Å². The third-order valence-electron chi connectivity index (χ3n) is 2.25. The van der Waals surface area contributed by atoms with Crippen LogP contribution in [0.5, 0.6) is 0 Å². The Morgan fingerprint density at radius 2 is 2.29 bits per heavy atom. The molecule has 0 radical (unpaired) electrons. The highest BCUT2D eigenvalue weighted by Gasteiger charge is 2.17. The molecule has 0 spiro atoms. The number of hydrogen-bond acceptors (Lipinski definition) is 4. The van der Waals surface area contributed by atoms with E-state index in [1.54, 1.807) is 19.2 Å². The maximum atomic E-state index is 11.6. The Morgan fingerprint density at radius 1 is 1.53 bits per heavy atom.